The summed E-state index contributed by atoms with van der Waals surface area (Å²) < 4.78 is 0. The predicted molar refractivity (Wildman–Crippen MR) is 81.6 cm³/mol. The molecule has 1 heterocycles. The summed E-state index contributed by atoms with van der Waals surface area (Å²) in [6.45, 7) is 5.89. The van der Waals surface area contributed by atoms with Crippen molar-refractivity contribution in [2.24, 2.45) is 0 Å². The first kappa shape index (κ1) is 12.9. The van der Waals surface area contributed by atoms with E-state index in [1.54, 1.807) is 6.07 Å². The molecular weight excluding hydrogens is 246 g/mol. The van der Waals surface area contributed by atoms with E-state index in [0.29, 0.717) is 5.75 Å². The molecule has 0 fully saturated rings. The van der Waals surface area contributed by atoms with Crippen molar-refractivity contribution in [2.45, 2.75) is 19.0 Å². The molecule has 102 valence electrons. The Morgan fingerprint density at radius 2 is 1.90 bits per heavy atom. The molecule has 0 saturated heterocycles. The summed E-state index contributed by atoms with van der Waals surface area (Å²) >= 11 is 0. The van der Waals surface area contributed by atoms with E-state index in [1.165, 1.54) is 16.7 Å². The van der Waals surface area contributed by atoms with Crippen molar-refractivity contribution in [3.63, 3.8) is 0 Å². The summed E-state index contributed by atoms with van der Waals surface area (Å²) in [5.74, 6) is 0.362. The van der Waals surface area contributed by atoms with E-state index in [9.17, 15) is 5.11 Å². The molecule has 2 nitrogen and oxygen atoms in total. The zero-order chi connectivity index (χ0) is 13.9. The molecule has 0 amide bonds. The average Bonchev–Trinajstić information content (AvgIpc) is 2.49. The highest BCUT2D eigenvalue weighted by Crippen LogP contribution is 2.29. The van der Waals surface area contributed by atoms with Crippen molar-refractivity contribution in [3.8, 4) is 5.75 Å². The Balaban J connectivity index is 1.85. The lowest BCUT2D eigenvalue weighted by atomic mass is 9.96. The maximum absolute atomic E-state index is 9.56. The van der Waals surface area contributed by atoms with Crippen LogP contribution in [0, 0.1) is 0 Å². The van der Waals surface area contributed by atoms with Crippen LogP contribution in [-0.2, 0) is 13.0 Å². The van der Waals surface area contributed by atoms with Crippen molar-refractivity contribution >= 4 is 0 Å². The van der Waals surface area contributed by atoms with Crippen molar-refractivity contribution in [3.05, 3.63) is 77.9 Å². The van der Waals surface area contributed by atoms with E-state index < -0.39 is 0 Å². The minimum atomic E-state index is 0.248. The zero-order valence-corrected chi connectivity index (χ0v) is 11.5. The smallest absolute Gasteiger partial charge is 0.115 e. The fourth-order valence-corrected chi connectivity index (χ4v) is 2.94. The van der Waals surface area contributed by atoms with Gasteiger partial charge in [0, 0.05) is 13.1 Å². The highest BCUT2D eigenvalue weighted by atomic mass is 16.3. The largest absolute Gasteiger partial charge is 0.508 e. The number of rotatable bonds is 3. The monoisotopic (exact) mass is 265 g/mol. The number of nitrogens with zero attached hydrogens (tertiary/aromatic N) is 1. The van der Waals surface area contributed by atoms with Gasteiger partial charge in [-0.05, 0) is 35.2 Å². The van der Waals surface area contributed by atoms with E-state index in [2.05, 4.69) is 35.7 Å². The Morgan fingerprint density at radius 3 is 2.65 bits per heavy atom. The van der Waals surface area contributed by atoms with Crippen LogP contribution in [0.25, 0.3) is 0 Å². The molecule has 0 saturated carbocycles. The first-order chi connectivity index (χ1) is 9.78. The molecule has 3 rings (SSSR count). The quantitative estimate of drug-likeness (QED) is 0.856. The molecule has 0 spiro atoms. The molecule has 0 aliphatic carbocycles. The van der Waals surface area contributed by atoms with Gasteiger partial charge in [0.05, 0.1) is 6.04 Å². The fourth-order valence-electron chi connectivity index (χ4n) is 2.94. The van der Waals surface area contributed by atoms with Crippen LogP contribution in [0.3, 0.4) is 0 Å². The van der Waals surface area contributed by atoms with Crippen LogP contribution in [0.2, 0.25) is 0 Å². The molecule has 1 aliphatic rings. The Morgan fingerprint density at radius 1 is 1.10 bits per heavy atom. The van der Waals surface area contributed by atoms with E-state index in [1.807, 2.05) is 24.3 Å². The summed E-state index contributed by atoms with van der Waals surface area (Å²) in [6, 6.07) is 16.4. The molecule has 2 aromatic rings. The van der Waals surface area contributed by atoms with Crippen LogP contribution in [0.15, 0.2) is 61.2 Å². The second-order valence-corrected chi connectivity index (χ2v) is 5.26. The van der Waals surface area contributed by atoms with Gasteiger partial charge in [-0.3, -0.25) is 4.90 Å². The third-order valence-electron chi connectivity index (χ3n) is 3.99. The number of phenolic OH excluding ortho intramolecular Hbond substituents is 1. The molecular formula is C18H19NO. The minimum Gasteiger partial charge on any atom is -0.508 e. The number of hydrogen-bond donors (Lipinski definition) is 1. The molecule has 1 atom stereocenters. The lowest BCUT2D eigenvalue weighted by Gasteiger charge is -2.34. The van der Waals surface area contributed by atoms with Crippen LogP contribution < -0.4 is 0 Å². The van der Waals surface area contributed by atoms with Gasteiger partial charge in [-0.25, -0.2) is 0 Å². The summed E-state index contributed by atoms with van der Waals surface area (Å²) in [7, 11) is 0. The van der Waals surface area contributed by atoms with Crippen molar-refractivity contribution in [1.82, 2.24) is 4.90 Å². The van der Waals surface area contributed by atoms with Crippen LogP contribution in [0.4, 0.5) is 0 Å². The third-order valence-corrected chi connectivity index (χ3v) is 3.99. The standard InChI is InChI=1S/C18H19NO/c1-2-18(14-6-4-3-5-7-14)19-11-10-15-12-17(20)9-8-16(15)13-19/h2-9,12,18,20H,1,10-11,13H2/t18-/m0/s1. The average molecular weight is 265 g/mol. The van der Waals surface area contributed by atoms with Crippen molar-refractivity contribution in [2.75, 3.05) is 6.54 Å². The third kappa shape index (κ3) is 2.47. The number of aromatic hydroxyl groups is 1. The second kappa shape index (κ2) is 5.51. The van der Waals surface area contributed by atoms with Gasteiger partial charge in [-0.1, -0.05) is 42.5 Å². The highest BCUT2D eigenvalue weighted by Gasteiger charge is 2.22. The van der Waals surface area contributed by atoms with Crippen LogP contribution in [-0.4, -0.2) is 16.6 Å². The second-order valence-electron chi connectivity index (χ2n) is 5.26. The van der Waals surface area contributed by atoms with E-state index in [-0.39, 0.29) is 6.04 Å². The maximum atomic E-state index is 9.56. The number of benzene rings is 2. The van der Waals surface area contributed by atoms with Gasteiger partial charge in [-0.2, -0.15) is 0 Å². The van der Waals surface area contributed by atoms with Crippen molar-refractivity contribution < 1.29 is 5.11 Å². The van der Waals surface area contributed by atoms with E-state index in [4.69, 9.17) is 0 Å². The van der Waals surface area contributed by atoms with Crippen LogP contribution >= 0.6 is 0 Å². The van der Waals surface area contributed by atoms with Gasteiger partial charge >= 0.3 is 0 Å². The molecule has 20 heavy (non-hydrogen) atoms. The summed E-state index contributed by atoms with van der Waals surface area (Å²) in [5, 5.41) is 9.56. The predicted octanol–water partition coefficient (Wildman–Crippen LogP) is 3.68. The zero-order valence-electron chi connectivity index (χ0n) is 11.5. The molecule has 1 aliphatic heterocycles. The first-order valence-electron chi connectivity index (χ1n) is 7.00. The Hall–Kier alpha value is -2.06. The maximum Gasteiger partial charge on any atom is 0.115 e. The Labute approximate surface area is 120 Å². The van der Waals surface area contributed by atoms with E-state index in [0.717, 1.165) is 19.5 Å². The lowest BCUT2D eigenvalue weighted by Crippen LogP contribution is -2.33. The Kier molecular flexibility index (Phi) is 3.57. The topological polar surface area (TPSA) is 23.5 Å². The number of fused-ring (bicyclic) bond motifs is 1. The van der Waals surface area contributed by atoms with E-state index >= 15 is 0 Å². The molecule has 2 heteroatoms. The highest BCUT2D eigenvalue weighted by molar-refractivity contribution is 5.37. The molecule has 0 radical (unpaired) electrons. The molecule has 2 aromatic carbocycles. The van der Waals surface area contributed by atoms with Crippen LogP contribution in [0.1, 0.15) is 22.7 Å². The van der Waals surface area contributed by atoms with Crippen LogP contribution in [0.5, 0.6) is 5.75 Å². The van der Waals surface area contributed by atoms with Gasteiger partial charge in [-0.15, -0.1) is 6.58 Å². The lowest BCUT2D eigenvalue weighted by molar-refractivity contribution is 0.212. The van der Waals surface area contributed by atoms with Gasteiger partial charge in [0.2, 0.25) is 0 Å². The van der Waals surface area contributed by atoms with Gasteiger partial charge in [0.1, 0.15) is 5.75 Å². The first-order valence-corrected chi connectivity index (χ1v) is 7.00. The number of hydrogen-bond acceptors (Lipinski definition) is 2. The summed E-state index contributed by atoms with van der Waals surface area (Å²) in [5.41, 5.74) is 3.85. The fraction of sp³-hybridized carbons (Fsp3) is 0.222. The summed E-state index contributed by atoms with van der Waals surface area (Å²) in [4.78, 5) is 2.43. The number of phenols is 1. The molecule has 1 N–H and O–H groups in total. The minimum absolute atomic E-state index is 0.248. The molecule has 0 aromatic heterocycles. The molecule has 0 bridgehead atoms. The Bertz CT molecular complexity index is 606. The molecule has 0 unspecified atom stereocenters. The SMILES string of the molecule is C=C[C@@H](c1ccccc1)N1CCc2cc(O)ccc2C1. The van der Waals surface area contributed by atoms with Crippen molar-refractivity contribution in [1.29, 1.82) is 0 Å². The normalized spacial score (nSPS) is 16.4. The van der Waals surface area contributed by atoms with Gasteiger partial charge in [0.15, 0.2) is 0 Å². The van der Waals surface area contributed by atoms with Gasteiger partial charge in [0.25, 0.3) is 0 Å². The van der Waals surface area contributed by atoms with Gasteiger partial charge < -0.3 is 5.11 Å². The summed E-state index contributed by atoms with van der Waals surface area (Å²) in [6.07, 6.45) is 2.99.